The van der Waals surface area contributed by atoms with Crippen molar-refractivity contribution in [3.8, 4) is 11.1 Å². The average molecular weight is 321 g/mol. The second-order valence-electron chi connectivity index (χ2n) is 4.38. The van der Waals surface area contributed by atoms with E-state index in [2.05, 4.69) is 9.97 Å². The molecule has 1 heterocycles. The summed E-state index contributed by atoms with van der Waals surface area (Å²) in [4.78, 5) is 7.93. The molecule has 0 saturated heterocycles. The van der Waals surface area contributed by atoms with Crippen LogP contribution < -0.4 is 0 Å². The maximum atomic E-state index is 14.6. The van der Waals surface area contributed by atoms with Gasteiger partial charge in [0, 0.05) is 22.2 Å². The van der Waals surface area contributed by atoms with Crippen LogP contribution in [0.25, 0.3) is 22.0 Å². The van der Waals surface area contributed by atoms with Crippen molar-refractivity contribution in [2.75, 3.05) is 0 Å². The fraction of sp³-hybridized carbons (Fsp3) is 0.176. The van der Waals surface area contributed by atoms with Gasteiger partial charge in [0.15, 0.2) is 5.82 Å². The van der Waals surface area contributed by atoms with Crippen LogP contribution in [0.4, 0.5) is 8.78 Å². The van der Waals surface area contributed by atoms with Crippen molar-refractivity contribution in [2.45, 2.75) is 20.8 Å². The minimum absolute atomic E-state index is 0.0235. The summed E-state index contributed by atoms with van der Waals surface area (Å²) in [6.45, 7) is 5.74. The van der Waals surface area contributed by atoms with Crippen molar-refractivity contribution in [2.24, 2.45) is 0 Å². The van der Waals surface area contributed by atoms with Gasteiger partial charge in [-0.3, -0.25) is 0 Å². The minimum Gasteiger partial charge on any atom is -0.241 e. The van der Waals surface area contributed by atoms with Crippen LogP contribution in [0.3, 0.4) is 0 Å². The predicted molar refractivity (Wildman–Crippen MR) is 86.0 cm³/mol. The summed E-state index contributed by atoms with van der Waals surface area (Å²) >= 11 is 6.12. The summed E-state index contributed by atoms with van der Waals surface area (Å²) in [7, 11) is 0. The van der Waals surface area contributed by atoms with Crippen LogP contribution in [0.2, 0.25) is 5.02 Å². The number of rotatable bonds is 1. The Morgan fingerprint density at radius 2 is 1.73 bits per heavy atom. The molecule has 0 radical (unpaired) electrons. The lowest BCUT2D eigenvalue weighted by molar-refractivity contribution is 0.620. The highest BCUT2D eigenvalue weighted by Crippen LogP contribution is 2.36. The maximum Gasteiger partial charge on any atom is 0.158 e. The standard InChI is InChI=1S/C15H9ClF2N2.C2H6/c1-8-10-6-11(16)13(9-4-2-3-5-12(9)17)14(18)15(10)20-7-19-8;1-2/h2-7H,1H3;1-2H3. The fourth-order valence-electron chi connectivity index (χ4n) is 2.16. The second-order valence-corrected chi connectivity index (χ2v) is 4.79. The molecule has 0 aliphatic carbocycles. The summed E-state index contributed by atoms with van der Waals surface area (Å²) in [5, 5.41) is 0.660. The van der Waals surface area contributed by atoms with Crippen LogP contribution in [0.15, 0.2) is 36.7 Å². The van der Waals surface area contributed by atoms with Crippen LogP contribution in [0.5, 0.6) is 0 Å². The van der Waals surface area contributed by atoms with Gasteiger partial charge in [-0.2, -0.15) is 0 Å². The van der Waals surface area contributed by atoms with E-state index in [9.17, 15) is 8.78 Å². The van der Waals surface area contributed by atoms with Crippen LogP contribution in [-0.2, 0) is 0 Å². The molecule has 0 aliphatic heterocycles. The summed E-state index contributed by atoms with van der Waals surface area (Å²) < 4.78 is 28.5. The molecule has 0 aliphatic rings. The molecule has 1 aromatic heterocycles. The zero-order valence-electron chi connectivity index (χ0n) is 12.5. The Morgan fingerprint density at radius 3 is 2.41 bits per heavy atom. The lowest BCUT2D eigenvalue weighted by Gasteiger charge is -2.10. The lowest BCUT2D eigenvalue weighted by Crippen LogP contribution is -1.96. The van der Waals surface area contributed by atoms with E-state index >= 15 is 0 Å². The zero-order valence-corrected chi connectivity index (χ0v) is 13.2. The van der Waals surface area contributed by atoms with Gasteiger partial charge in [-0.05, 0) is 19.1 Å². The molecule has 3 rings (SSSR count). The molecule has 5 heteroatoms. The van der Waals surface area contributed by atoms with Crippen molar-refractivity contribution in [1.82, 2.24) is 9.97 Å². The third-order valence-corrected chi connectivity index (χ3v) is 3.46. The first-order valence-corrected chi connectivity index (χ1v) is 7.31. The smallest absolute Gasteiger partial charge is 0.158 e. The Labute approximate surface area is 132 Å². The molecule has 22 heavy (non-hydrogen) atoms. The maximum absolute atomic E-state index is 14.6. The van der Waals surface area contributed by atoms with Gasteiger partial charge in [0.2, 0.25) is 0 Å². The molecule has 0 unspecified atom stereocenters. The number of hydrogen-bond acceptors (Lipinski definition) is 2. The molecular weight excluding hydrogens is 306 g/mol. The molecule has 0 bridgehead atoms. The number of benzene rings is 2. The van der Waals surface area contributed by atoms with Gasteiger partial charge >= 0.3 is 0 Å². The third kappa shape index (κ3) is 2.79. The molecule has 0 spiro atoms. The van der Waals surface area contributed by atoms with E-state index < -0.39 is 11.6 Å². The van der Waals surface area contributed by atoms with Crippen molar-refractivity contribution < 1.29 is 8.78 Å². The Bertz CT molecular complexity index is 819. The van der Waals surface area contributed by atoms with E-state index in [4.69, 9.17) is 11.6 Å². The van der Waals surface area contributed by atoms with Gasteiger partial charge in [-0.25, -0.2) is 18.7 Å². The Hall–Kier alpha value is -2.07. The zero-order chi connectivity index (χ0) is 16.3. The molecule has 0 amide bonds. The Balaban J connectivity index is 0.000000847. The van der Waals surface area contributed by atoms with E-state index in [1.807, 2.05) is 13.8 Å². The van der Waals surface area contributed by atoms with Gasteiger partial charge in [0.05, 0.1) is 5.02 Å². The fourth-order valence-corrected chi connectivity index (χ4v) is 2.46. The second kappa shape index (κ2) is 6.79. The Morgan fingerprint density at radius 1 is 1.05 bits per heavy atom. The summed E-state index contributed by atoms with van der Waals surface area (Å²) in [6, 6.07) is 7.48. The monoisotopic (exact) mass is 320 g/mol. The summed E-state index contributed by atoms with van der Waals surface area (Å²) in [6.07, 6.45) is 1.28. The molecule has 0 atom stereocenters. The number of hydrogen-bond donors (Lipinski definition) is 0. The number of aromatic nitrogens is 2. The van der Waals surface area contributed by atoms with Crippen LogP contribution in [0.1, 0.15) is 19.5 Å². The van der Waals surface area contributed by atoms with E-state index in [1.54, 1.807) is 19.1 Å². The third-order valence-electron chi connectivity index (χ3n) is 3.16. The molecule has 0 saturated carbocycles. The summed E-state index contributed by atoms with van der Waals surface area (Å²) in [5.74, 6) is -1.17. The number of halogens is 3. The number of nitrogens with zero attached hydrogens (tertiary/aromatic N) is 2. The average Bonchev–Trinajstić information content (AvgIpc) is 2.52. The molecule has 2 aromatic carbocycles. The lowest BCUT2D eigenvalue weighted by atomic mass is 10.0. The van der Waals surface area contributed by atoms with Crippen molar-refractivity contribution in [3.05, 3.63) is 59.0 Å². The highest BCUT2D eigenvalue weighted by atomic mass is 35.5. The van der Waals surface area contributed by atoms with E-state index in [0.29, 0.717) is 11.1 Å². The largest absolute Gasteiger partial charge is 0.241 e. The first kappa shape index (κ1) is 16.3. The van der Waals surface area contributed by atoms with E-state index in [0.717, 1.165) is 0 Å². The molecule has 2 nitrogen and oxygen atoms in total. The van der Waals surface area contributed by atoms with Gasteiger partial charge in [0.1, 0.15) is 17.7 Å². The highest BCUT2D eigenvalue weighted by molar-refractivity contribution is 6.34. The van der Waals surface area contributed by atoms with Crippen molar-refractivity contribution in [3.63, 3.8) is 0 Å². The molecule has 0 N–H and O–H groups in total. The number of fused-ring (bicyclic) bond motifs is 1. The SMILES string of the molecule is CC.Cc1ncnc2c(F)c(-c3ccccc3F)c(Cl)cc12. The molecular formula is C17H15ClF2N2. The Kier molecular flexibility index (Phi) is 5.03. The van der Waals surface area contributed by atoms with Crippen LogP contribution in [0, 0.1) is 18.6 Å². The van der Waals surface area contributed by atoms with Gasteiger partial charge < -0.3 is 0 Å². The van der Waals surface area contributed by atoms with Gasteiger partial charge in [-0.1, -0.05) is 43.6 Å². The normalized spacial score (nSPS) is 10.3. The first-order valence-electron chi connectivity index (χ1n) is 6.94. The molecule has 0 fully saturated rings. The van der Waals surface area contributed by atoms with Crippen LogP contribution >= 0.6 is 11.6 Å². The van der Waals surface area contributed by atoms with Crippen LogP contribution in [-0.4, -0.2) is 9.97 Å². The highest BCUT2D eigenvalue weighted by Gasteiger charge is 2.18. The predicted octanol–water partition coefficient (Wildman–Crippen LogP) is 5.56. The topological polar surface area (TPSA) is 25.8 Å². The minimum atomic E-state index is -0.636. The quantitative estimate of drug-likeness (QED) is 0.586. The number of aryl methyl sites for hydroxylation is 1. The summed E-state index contributed by atoms with van der Waals surface area (Å²) in [5.41, 5.74) is 0.902. The van der Waals surface area contributed by atoms with E-state index in [1.165, 1.54) is 24.5 Å². The first-order chi connectivity index (χ1) is 10.6. The van der Waals surface area contributed by atoms with Crippen molar-refractivity contribution >= 4 is 22.5 Å². The van der Waals surface area contributed by atoms with E-state index in [-0.39, 0.29) is 21.7 Å². The van der Waals surface area contributed by atoms with Gasteiger partial charge in [-0.15, -0.1) is 0 Å². The van der Waals surface area contributed by atoms with Crippen molar-refractivity contribution in [1.29, 1.82) is 0 Å². The molecule has 3 aromatic rings. The molecule has 114 valence electrons. The van der Waals surface area contributed by atoms with Gasteiger partial charge in [0.25, 0.3) is 0 Å².